The third-order valence-corrected chi connectivity index (χ3v) is 3.69. The van der Waals surface area contributed by atoms with E-state index in [9.17, 15) is 9.59 Å². The number of benzene rings is 2. The molecule has 0 aliphatic carbocycles. The van der Waals surface area contributed by atoms with Crippen molar-refractivity contribution in [3.8, 4) is 0 Å². The maximum atomic E-state index is 12.8. The van der Waals surface area contributed by atoms with Crippen LogP contribution in [0.5, 0.6) is 0 Å². The summed E-state index contributed by atoms with van der Waals surface area (Å²) >= 11 is 0. The number of carbonyl (C=O) groups is 2. The van der Waals surface area contributed by atoms with Gasteiger partial charge in [0.15, 0.2) is 11.5 Å². The molecule has 0 aliphatic heterocycles. The number of amides is 1. The van der Waals surface area contributed by atoms with Crippen LogP contribution in [0.3, 0.4) is 0 Å². The molecule has 25 heavy (non-hydrogen) atoms. The first-order valence-corrected chi connectivity index (χ1v) is 7.95. The molecule has 0 spiro atoms. The number of carbonyl (C=O) groups excluding carboxylic acids is 2. The van der Waals surface area contributed by atoms with Crippen LogP contribution in [0.15, 0.2) is 83.5 Å². The summed E-state index contributed by atoms with van der Waals surface area (Å²) in [6, 6.07) is 21.7. The molecule has 5 heteroatoms. The van der Waals surface area contributed by atoms with Crippen molar-refractivity contribution in [3.05, 3.63) is 95.9 Å². The van der Waals surface area contributed by atoms with Gasteiger partial charge in [-0.15, -0.1) is 0 Å². The molecule has 3 rings (SSSR count). The van der Waals surface area contributed by atoms with Gasteiger partial charge in [0.2, 0.25) is 0 Å². The third kappa shape index (κ3) is 4.43. The maximum Gasteiger partial charge on any atom is 0.288 e. The van der Waals surface area contributed by atoms with Gasteiger partial charge in [-0.05, 0) is 17.7 Å². The molecule has 0 fully saturated rings. The second-order valence-electron chi connectivity index (χ2n) is 5.48. The maximum absolute atomic E-state index is 12.8. The lowest BCUT2D eigenvalue weighted by molar-refractivity contribution is 0.0821. The number of furan rings is 1. The van der Waals surface area contributed by atoms with Crippen LogP contribution in [0.25, 0.3) is 0 Å². The number of hydrogen-bond acceptors (Lipinski definition) is 4. The van der Waals surface area contributed by atoms with E-state index in [0.717, 1.165) is 5.56 Å². The van der Waals surface area contributed by atoms with Gasteiger partial charge >= 0.3 is 0 Å². The molecule has 1 amide bonds. The zero-order chi connectivity index (χ0) is 17.5. The fourth-order valence-corrected chi connectivity index (χ4v) is 2.40. The molecule has 0 aliphatic rings. The summed E-state index contributed by atoms with van der Waals surface area (Å²) in [6.45, 7) is 0.447. The number of ketones is 1. The van der Waals surface area contributed by atoms with Crippen molar-refractivity contribution in [1.29, 1.82) is 0 Å². The average Bonchev–Trinajstić information content (AvgIpc) is 3.21. The molecule has 1 aromatic heterocycles. The van der Waals surface area contributed by atoms with Gasteiger partial charge in [0.05, 0.1) is 6.26 Å². The van der Waals surface area contributed by atoms with Crippen LogP contribution < -0.4 is 10.6 Å². The van der Waals surface area contributed by atoms with Crippen LogP contribution >= 0.6 is 0 Å². The summed E-state index contributed by atoms with van der Waals surface area (Å²) in [5.41, 5.74) is 1.54. The average molecular weight is 334 g/mol. The summed E-state index contributed by atoms with van der Waals surface area (Å²) in [7, 11) is 0. The predicted octanol–water partition coefficient (Wildman–Crippen LogP) is 3.01. The highest BCUT2D eigenvalue weighted by atomic mass is 16.3. The quantitative estimate of drug-likeness (QED) is 0.515. The minimum absolute atomic E-state index is 0.160. The SMILES string of the molecule is O=C(NC(NCc1ccccc1)C(=O)c1ccccc1)c1ccco1. The van der Waals surface area contributed by atoms with Crippen LogP contribution in [0.4, 0.5) is 0 Å². The summed E-state index contributed by atoms with van der Waals surface area (Å²) in [6.07, 6.45) is 0.556. The summed E-state index contributed by atoms with van der Waals surface area (Å²) in [5, 5.41) is 5.80. The first kappa shape index (κ1) is 16.7. The molecule has 5 nitrogen and oxygen atoms in total. The monoisotopic (exact) mass is 334 g/mol. The second-order valence-corrected chi connectivity index (χ2v) is 5.48. The predicted molar refractivity (Wildman–Crippen MR) is 94.0 cm³/mol. The van der Waals surface area contributed by atoms with Crippen molar-refractivity contribution in [1.82, 2.24) is 10.6 Å². The summed E-state index contributed by atoms with van der Waals surface area (Å²) in [5.74, 6) is -0.497. The van der Waals surface area contributed by atoms with Gasteiger partial charge in [-0.25, -0.2) is 0 Å². The highest BCUT2D eigenvalue weighted by Gasteiger charge is 2.23. The van der Waals surface area contributed by atoms with Crippen molar-refractivity contribution in [3.63, 3.8) is 0 Å². The van der Waals surface area contributed by atoms with Gasteiger partial charge in [-0.1, -0.05) is 60.7 Å². The largest absolute Gasteiger partial charge is 0.459 e. The van der Waals surface area contributed by atoms with E-state index < -0.39 is 12.1 Å². The minimum Gasteiger partial charge on any atom is -0.459 e. The van der Waals surface area contributed by atoms with Crippen LogP contribution in [-0.2, 0) is 6.54 Å². The Kier molecular flexibility index (Phi) is 5.39. The fourth-order valence-electron chi connectivity index (χ4n) is 2.40. The Bertz CT molecular complexity index is 815. The first-order valence-electron chi connectivity index (χ1n) is 7.95. The normalized spacial score (nSPS) is 11.7. The zero-order valence-electron chi connectivity index (χ0n) is 13.5. The lowest BCUT2D eigenvalue weighted by atomic mass is 10.1. The number of Topliss-reactive ketones (excluding diaryl/α,β-unsaturated/α-hetero) is 1. The highest BCUT2D eigenvalue weighted by Crippen LogP contribution is 2.06. The van der Waals surface area contributed by atoms with E-state index in [4.69, 9.17) is 4.42 Å². The van der Waals surface area contributed by atoms with E-state index in [1.54, 1.807) is 36.4 Å². The Hall–Kier alpha value is -3.18. The Labute approximate surface area is 145 Å². The highest BCUT2D eigenvalue weighted by molar-refractivity contribution is 6.03. The Morgan fingerprint density at radius 3 is 2.20 bits per heavy atom. The molecular weight excluding hydrogens is 316 g/mol. The first-order chi connectivity index (χ1) is 12.2. The lowest BCUT2D eigenvalue weighted by Gasteiger charge is -2.19. The molecule has 0 saturated heterocycles. The van der Waals surface area contributed by atoms with E-state index in [1.165, 1.54) is 6.26 Å². The summed E-state index contributed by atoms with van der Waals surface area (Å²) < 4.78 is 5.09. The lowest BCUT2D eigenvalue weighted by Crippen LogP contribution is -2.50. The molecule has 0 saturated carbocycles. The van der Waals surface area contributed by atoms with Crippen LogP contribution in [0.1, 0.15) is 26.5 Å². The Morgan fingerprint density at radius 2 is 1.56 bits per heavy atom. The van der Waals surface area contributed by atoms with Gasteiger partial charge < -0.3 is 9.73 Å². The van der Waals surface area contributed by atoms with E-state index in [2.05, 4.69) is 10.6 Å². The van der Waals surface area contributed by atoms with Gasteiger partial charge in [-0.2, -0.15) is 0 Å². The van der Waals surface area contributed by atoms with E-state index in [-0.39, 0.29) is 11.5 Å². The molecule has 3 aromatic rings. The molecule has 0 bridgehead atoms. The molecule has 2 N–H and O–H groups in total. The van der Waals surface area contributed by atoms with Crippen LogP contribution in [-0.4, -0.2) is 17.9 Å². The number of nitrogens with one attached hydrogen (secondary N) is 2. The topological polar surface area (TPSA) is 71.3 Å². The smallest absolute Gasteiger partial charge is 0.288 e. The van der Waals surface area contributed by atoms with Gasteiger partial charge in [0.25, 0.3) is 5.91 Å². The molecular formula is C20H18N2O3. The molecule has 0 radical (unpaired) electrons. The van der Waals surface area contributed by atoms with E-state index in [1.807, 2.05) is 36.4 Å². The van der Waals surface area contributed by atoms with Crippen molar-refractivity contribution in [2.24, 2.45) is 0 Å². The van der Waals surface area contributed by atoms with E-state index >= 15 is 0 Å². The van der Waals surface area contributed by atoms with Crippen LogP contribution in [0.2, 0.25) is 0 Å². The standard InChI is InChI=1S/C20H18N2O3/c23-18(16-10-5-2-6-11-16)19(21-14-15-8-3-1-4-9-15)22-20(24)17-12-7-13-25-17/h1-13,19,21H,14H2,(H,22,24). The van der Waals surface area contributed by atoms with Gasteiger partial charge in [0, 0.05) is 12.1 Å². The van der Waals surface area contributed by atoms with Crippen molar-refractivity contribution < 1.29 is 14.0 Å². The summed E-state index contributed by atoms with van der Waals surface area (Å²) in [4.78, 5) is 25.0. The van der Waals surface area contributed by atoms with Gasteiger partial charge in [-0.3, -0.25) is 14.9 Å². The molecule has 126 valence electrons. The minimum atomic E-state index is -0.861. The molecule has 2 aromatic carbocycles. The zero-order valence-corrected chi connectivity index (χ0v) is 13.5. The Morgan fingerprint density at radius 1 is 0.880 bits per heavy atom. The number of hydrogen-bond donors (Lipinski definition) is 2. The molecule has 1 heterocycles. The Balaban J connectivity index is 1.75. The number of rotatable bonds is 7. The van der Waals surface area contributed by atoms with Gasteiger partial charge in [0.1, 0.15) is 6.17 Å². The second kappa shape index (κ2) is 8.08. The third-order valence-electron chi connectivity index (χ3n) is 3.69. The molecule has 1 atom stereocenters. The van der Waals surface area contributed by atoms with Crippen molar-refractivity contribution in [2.45, 2.75) is 12.7 Å². The molecule has 1 unspecified atom stereocenters. The fraction of sp³-hybridized carbons (Fsp3) is 0.100. The van der Waals surface area contributed by atoms with Crippen molar-refractivity contribution >= 4 is 11.7 Å². The van der Waals surface area contributed by atoms with Crippen LogP contribution in [0, 0.1) is 0 Å². The van der Waals surface area contributed by atoms with E-state index in [0.29, 0.717) is 12.1 Å². The van der Waals surface area contributed by atoms with Crippen molar-refractivity contribution in [2.75, 3.05) is 0 Å².